The second kappa shape index (κ2) is 6.36. The zero-order valence-corrected chi connectivity index (χ0v) is 12.5. The van der Waals surface area contributed by atoms with E-state index in [1.54, 1.807) is 0 Å². The molecule has 1 N–H and O–H groups in total. The van der Waals surface area contributed by atoms with Crippen LogP contribution in [0.4, 0.5) is 0 Å². The third kappa shape index (κ3) is 3.57. The van der Waals surface area contributed by atoms with E-state index in [1.807, 2.05) is 42.2 Å². The average Bonchev–Trinajstić information content (AvgIpc) is 2.73. The number of aryl methyl sites for hydroxylation is 1. The molecule has 0 saturated carbocycles. The summed E-state index contributed by atoms with van der Waals surface area (Å²) < 4.78 is 2.90. The van der Waals surface area contributed by atoms with Crippen LogP contribution in [0, 0.1) is 0 Å². The lowest BCUT2D eigenvalue weighted by atomic mass is 10.2. The first-order valence-electron chi connectivity index (χ1n) is 5.78. The van der Waals surface area contributed by atoms with Crippen LogP contribution in [0.1, 0.15) is 11.3 Å². The summed E-state index contributed by atoms with van der Waals surface area (Å²) >= 11 is 9.55. The lowest BCUT2D eigenvalue weighted by Crippen LogP contribution is -2.18. The maximum absolute atomic E-state index is 6.15. The summed E-state index contributed by atoms with van der Waals surface area (Å²) in [6.45, 7) is 1.69. The summed E-state index contributed by atoms with van der Waals surface area (Å²) in [4.78, 5) is 0. The molecule has 0 saturated heterocycles. The largest absolute Gasteiger partial charge is 0.312 e. The highest BCUT2D eigenvalue weighted by Gasteiger charge is 2.01. The second-order valence-electron chi connectivity index (χ2n) is 4.11. The molecule has 0 fully saturated rings. The molecule has 2 rings (SSSR count). The third-order valence-electron chi connectivity index (χ3n) is 2.81. The Labute approximate surface area is 120 Å². The number of rotatable bonds is 5. The summed E-state index contributed by atoms with van der Waals surface area (Å²) in [5.74, 6) is 0. The van der Waals surface area contributed by atoms with Crippen LogP contribution in [0.5, 0.6) is 0 Å². The van der Waals surface area contributed by atoms with Crippen LogP contribution in [-0.2, 0) is 20.0 Å². The highest BCUT2D eigenvalue weighted by Crippen LogP contribution is 2.21. The van der Waals surface area contributed by atoms with E-state index in [9.17, 15) is 0 Å². The Kier molecular flexibility index (Phi) is 4.80. The molecule has 0 unspecified atom stereocenters. The van der Waals surface area contributed by atoms with Gasteiger partial charge < -0.3 is 5.32 Å². The highest BCUT2D eigenvalue weighted by molar-refractivity contribution is 9.10. The molecule has 18 heavy (non-hydrogen) atoms. The summed E-state index contributed by atoms with van der Waals surface area (Å²) in [7, 11) is 1.96. The quantitative estimate of drug-likeness (QED) is 0.854. The molecule has 0 radical (unpaired) electrons. The lowest BCUT2D eigenvalue weighted by molar-refractivity contribution is 0.643. The molecule has 1 aromatic carbocycles. The van der Waals surface area contributed by atoms with Crippen molar-refractivity contribution in [2.75, 3.05) is 6.54 Å². The van der Waals surface area contributed by atoms with Crippen LogP contribution in [0.3, 0.4) is 0 Å². The molecule has 2 aromatic rings. The molecule has 1 aromatic heterocycles. The highest BCUT2D eigenvalue weighted by atomic mass is 79.9. The number of nitrogens with one attached hydrogen (secondary N) is 1. The van der Waals surface area contributed by atoms with Gasteiger partial charge in [-0.05, 0) is 23.8 Å². The third-order valence-corrected chi connectivity index (χ3v) is 3.66. The van der Waals surface area contributed by atoms with Crippen molar-refractivity contribution in [2.24, 2.45) is 7.05 Å². The van der Waals surface area contributed by atoms with Crippen molar-refractivity contribution in [2.45, 2.75) is 13.0 Å². The molecule has 0 aliphatic heterocycles. The van der Waals surface area contributed by atoms with Crippen LogP contribution in [-0.4, -0.2) is 16.3 Å². The molecule has 96 valence electrons. The van der Waals surface area contributed by atoms with Crippen LogP contribution in [0.25, 0.3) is 0 Å². The SMILES string of the molecule is Cn1nccc1CCNCc1ccc(Br)cc1Cl. The normalized spacial score (nSPS) is 10.8. The summed E-state index contributed by atoms with van der Waals surface area (Å²) in [6.07, 6.45) is 2.78. The molecule has 5 heteroatoms. The van der Waals surface area contributed by atoms with E-state index in [4.69, 9.17) is 11.6 Å². The van der Waals surface area contributed by atoms with Crippen molar-refractivity contribution in [3.8, 4) is 0 Å². The molecule has 0 spiro atoms. The van der Waals surface area contributed by atoms with Gasteiger partial charge >= 0.3 is 0 Å². The molecule has 0 amide bonds. The van der Waals surface area contributed by atoms with E-state index in [1.165, 1.54) is 5.69 Å². The summed E-state index contributed by atoms with van der Waals surface area (Å²) in [5.41, 5.74) is 2.34. The van der Waals surface area contributed by atoms with Gasteiger partial charge in [0.15, 0.2) is 0 Å². The van der Waals surface area contributed by atoms with Gasteiger partial charge in [0.2, 0.25) is 0 Å². The van der Waals surface area contributed by atoms with E-state index >= 15 is 0 Å². The smallest absolute Gasteiger partial charge is 0.0492 e. The first kappa shape index (κ1) is 13.6. The maximum Gasteiger partial charge on any atom is 0.0492 e. The Balaban J connectivity index is 1.80. The number of aromatic nitrogens is 2. The predicted octanol–water partition coefficient (Wildman–Crippen LogP) is 3.17. The molecule has 0 aliphatic carbocycles. The fourth-order valence-electron chi connectivity index (χ4n) is 1.75. The number of hydrogen-bond acceptors (Lipinski definition) is 2. The first-order valence-corrected chi connectivity index (χ1v) is 6.95. The second-order valence-corrected chi connectivity index (χ2v) is 5.43. The van der Waals surface area contributed by atoms with Gasteiger partial charge in [0.05, 0.1) is 0 Å². The van der Waals surface area contributed by atoms with E-state index in [0.29, 0.717) is 0 Å². The molecule has 0 bridgehead atoms. The number of hydrogen-bond donors (Lipinski definition) is 1. The van der Waals surface area contributed by atoms with Gasteiger partial charge in [-0.15, -0.1) is 0 Å². The van der Waals surface area contributed by atoms with Gasteiger partial charge in [0.1, 0.15) is 0 Å². The fraction of sp³-hybridized carbons (Fsp3) is 0.308. The predicted molar refractivity (Wildman–Crippen MR) is 77.8 cm³/mol. The van der Waals surface area contributed by atoms with Crippen LogP contribution >= 0.6 is 27.5 Å². The minimum atomic E-state index is 0.782. The fourth-order valence-corrected chi connectivity index (χ4v) is 2.49. The van der Waals surface area contributed by atoms with Crippen molar-refractivity contribution in [1.29, 1.82) is 0 Å². The minimum Gasteiger partial charge on any atom is -0.312 e. The van der Waals surface area contributed by atoms with Crippen molar-refractivity contribution < 1.29 is 0 Å². The molecule has 1 heterocycles. The van der Waals surface area contributed by atoms with E-state index in [2.05, 4.69) is 26.3 Å². The van der Waals surface area contributed by atoms with Gasteiger partial charge in [-0.2, -0.15) is 5.10 Å². The molecule has 3 nitrogen and oxygen atoms in total. The van der Waals surface area contributed by atoms with E-state index in [0.717, 1.165) is 34.6 Å². The van der Waals surface area contributed by atoms with Crippen molar-refractivity contribution in [1.82, 2.24) is 15.1 Å². The lowest BCUT2D eigenvalue weighted by Gasteiger charge is -2.07. The summed E-state index contributed by atoms with van der Waals surface area (Å²) in [5, 5.41) is 8.32. The van der Waals surface area contributed by atoms with Gasteiger partial charge in [0.25, 0.3) is 0 Å². The zero-order chi connectivity index (χ0) is 13.0. The molecular formula is C13H15BrClN3. The Morgan fingerprint density at radius 1 is 1.39 bits per heavy atom. The Bertz CT molecular complexity index is 525. The number of halogens is 2. The topological polar surface area (TPSA) is 29.9 Å². The molecule has 0 aliphatic rings. The van der Waals surface area contributed by atoms with Gasteiger partial charge in [-0.3, -0.25) is 4.68 Å². The van der Waals surface area contributed by atoms with Crippen LogP contribution < -0.4 is 5.32 Å². The van der Waals surface area contributed by atoms with Crippen LogP contribution in [0.2, 0.25) is 5.02 Å². The molecular weight excluding hydrogens is 314 g/mol. The van der Waals surface area contributed by atoms with Crippen molar-refractivity contribution >= 4 is 27.5 Å². The monoisotopic (exact) mass is 327 g/mol. The maximum atomic E-state index is 6.15. The van der Waals surface area contributed by atoms with Gasteiger partial charge in [-0.25, -0.2) is 0 Å². The van der Waals surface area contributed by atoms with Crippen molar-refractivity contribution in [3.05, 3.63) is 51.2 Å². The number of nitrogens with zero attached hydrogens (tertiary/aromatic N) is 2. The first-order chi connectivity index (χ1) is 8.66. The standard InChI is InChI=1S/C13H15BrClN3/c1-18-12(5-7-17-18)4-6-16-9-10-2-3-11(14)8-13(10)15/h2-3,5,7-8,16H,4,6,9H2,1H3. The zero-order valence-electron chi connectivity index (χ0n) is 10.2. The van der Waals surface area contributed by atoms with Crippen LogP contribution in [0.15, 0.2) is 34.9 Å². The minimum absolute atomic E-state index is 0.782. The van der Waals surface area contributed by atoms with E-state index < -0.39 is 0 Å². The Hall–Kier alpha value is -0.840. The summed E-state index contributed by atoms with van der Waals surface area (Å²) in [6, 6.07) is 7.99. The molecule has 0 atom stereocenters. The van der Waals surface area contributed by atoms with E-state index in [-0.39, 0.29) is 0 Å². The van der Waals surface area contributed by atoms with Gasteiger partial charge in [0, 0.05) is 47.9 Å². The Morgan fingerprint density at radius 3 is 2.89 bits per heavy atom. The average molecular weight is 329 g/mol. The van der Waals surface area contributed by atoms with Gasteiger partial charge in [-0.1, -0.05) is 33.6 Å². The van der Waals surface area contributed by atoms with Crippen molar-refractivity contribution in [3.63, 3.8) is 0 Å². The number of benzene rings is 1. The Morgan fingerprint density at radius 2 is 2.22 bits per heavy atom.